The van der Waals surface area contributed by atoms with Crippen LogP contribution < -0.4 is 42.5 Å². The summed E-state index contributed by atoms with van der Waals surface area (Å²) in [5.74, 6) is -2.32. The summed E-state index contributed by atoms with van der Waals surface area (Å²) in [6, 6.07) is 18.8. The van der Waals surface area contributed by atoms with Gasteiger partial charge in [0, 0.05) is 22.9 Å². The van der Waals surface area contributed by atoms with Gasteiger partial charge in [-0.3, -0.25) is 39.1 Å². The predicted molar refractivity (Wildman–Crippen MR) is 255 cm³/mol. The minimum Gasteiger partial charge on any atom is -0.505 e. The highest BCUT2D eigenvalue weighted by Crippen LogP contribution is 2.46. The van der Waals surface area contributed by atoms with Crippen LogP contribution in [0.4, 0.5) is 34.1 Å². The van der Waals surface area contributed by atoms with Crippen molar-refractivity contribution < 1.29 is 86.1 Å². The van der Waals surface area contributed by atoms with Crippen molar-refractivity contribution >= 4 is 115 Å². The number of sulfonamides is 1. The monoisotopic (exact) mass is 1130 g/mol. The van der Waals surface area contributed by atoms with Crippen LogP contribution in [-0.2, 0) is 68.1 Å². The average molecular weight is 1130 g/mol. The number of benzene rings is 6. The maximum Gasteiger partial charge on any atom is 0.397 e. The minimum atomic E-state index is -5.09. The molecule has 29 nitrogen and oxygen atoms in total. The van der Waals surface area contributed by atoms with Gasteiger partial charge in [-0.25, -0.2) is 31.5 Å². The molecule has 0 radical (unpaired) electrons. The second-order valence-corrected chi connectivity index (χ2v) is 21.8. The first-order chi connectivity index (χ1) is 34.4. The Morgan fingerprint density at radius 2 is 1.37 bits per heavy atom. The van der Waals surface area contributed by atoms with Crippen LogP contribution in [0.15, 0.2) is 152 Å². The van der Waals surface area contributed by atoms with E-state index in [4.69, 9.17) is 15.1 Å². The smallest absolute Gasteiger partial charge is 0.397 e. The molecule has 0 heterocycles. The first kappa shape index (κ1) is 55.5. The fourth-order valence-corrected chi connectivity index (χ4v) is 10.3. The van der Waals surface area contributed by atoms with E-state index < -0.39 is 96.1 Å². The molecule has 35 heteroatoms. The highest BCUT2D eigenvalue weighted by Gasteiger charge is 2.25. The Morgan fingerprint density at radius 3 is 2.01 bits per heavy atom. The average Bonchev–Trinajstić information content (AvgIpc) is 3.31. The molecule has 0 aliphatic rings. The summed E-state index contributed by atoms with van der Waals surface area (Å²) >= 11 is 0.721. The summed E-state index contributed by atoms with van der Waals surface area (Å²) in [5.41, 5.74) is 2.54. The Balaban J connectivity index is 1.16. The zero-order valence-corrected chi connectivity index (χ0v) is 41.1. The van der Waals surface area contributed by atoms with E-state index in [1.54, 1.807) is 0 Å². The summed E-state index contributed by atoms with van der Waals surface area (Å²) in [5, 5.41) is 52.4. The van der Waals surface area contributed by atoms with E-state index in [0.717, 1.165) is 55.5 Å². The van der Waals surface area contributed by atoms with Crippen molar-refractivity contribution in [2.75, 3.05) is 33.3 Å². The lowest BCUT2D eigenvalue weighted by atomic mass is 10.1. The first-order valence-corrected chi connectivity index (χ1v) is 26.8. The molecule has 9 N–H and O–H groups in total. The van der Waals surface area contributed by atoms with Gasteiger partial charge >= 0.3 is 10.4 Å². The Morgan fingerprint density at radius 1 is 0.712 bits per heavy atom. The van der Waals surface area contributed by atoms with Crippen LogP contribution in [0.3, 0.4) is 0 Å². The summed E-state index contributed by atoms with van der Waals surface area (Å²) in [4.78, 5) is 36.3. The van der Waals surface area contributed by atoms with E-state index in [-0.39, 0.29) is 71.3 Å². The van der Waals surface area contributed by atoms with Gasteiger partial charge in [0.2, 0.25) is 16.8 Å². The SMILES string of the molecule is CC(=O)Nc1cc(SOOO)cc2cc(S(=O)(=O)O)c(N=Nc3ccc(S(=O)(=O)Nc4ccc(NN=c5ccc(=O)c(=NNc6ccc(S(=O)(=O)CCOS(=O)(=O)O)cc6SOOO)c5=O)cc4)cc3)c(O)c12. The first-order valence-electron chi connectivity index (χ1n) is 19.4. The van der Waals surface area contributed by atoms with E-state index in [9.17, 15) is 57.7 Å². The molecular weight excluding hydrogens is 1100 g/mol. The molecule has 1 amide bonds. The maximum absolute atomic E-state index is 13.3. The number of aromatic hydroxyl groups is 1. The summed E-state index contributed by atoms with van der Waals surface area (Å²) in [6.45, 7) is 0.228. The van der Waals surface area contributed by atoms with Crippen molar-refractivity contribution in [3.63, 3.8) is 0 Å². The molecule has 0 aliphatic heterocycles. The van der Waals surface area contributed by atoms with Crippen LogP contribution in [0, 0.1) is 0 Å². The second-order valence-electron chi connectivity index (χ2n) is 14.1. The number of phenolic OH excluding ortho intramolecular Hbond substituents is 1. The molecular formula is C38H32N8O21S6. The van der Waals surface area contributed by atoms with Crippen LogP contribution in [0.2, 0.25) is 0 Å². The van der Waals surface area contributed by atoms with Crippen molar-refractivity contribution in [2.24, 2.45) is 20.4 Å². The van der Waals surface area contributed by atoms with E-state index in [1.807, 2.05) is 0 Å². The second kappa shape index (κ2) is 23.4. The number of amides is 1. The number of carbonyl (C=O) groups is 1. The van der Waals surface area contributed by atoms with Crippen LogP contribution in [0.1, 0.15) is 6.92 Å². The number of sulfone groups is 1. The molecule has 6 aromatic carbocycles. The highest BCUT2D eigenvalue weighted by molar-refractivity contribution is 7.95. The van der Waals surface area contributed by atoms with E-state index in [1.165, 1.54) is 48.5 Å². The molecule has 0 saturated carbocycles. The molecule has 0 aromatic heterocycles. The molecule has 0 saturated heterocycles. The number of rotatable bonds is 22. The third kappa shape index (κ3) is 14.7. The number of carbonyl (C=O) groups excluding carboxylic acids is 1. The van der Waals surface area contributed by atoms with Crippen molar-refractivity contribution in [3.8, 4) is 5.75 Å². The molecule has 6 aromatic rings. The molecule has 0 aliphatic carbocycles. The third-order valence-corrected chi connectivity index (χ3v) is 14.7. The van der Waals surface area contributed by atoms with Crippen molar-refractivity contribution in [2.45, 2.75) is 31.4 Å². The number of nitrogens with zero attached hydrogens (tertiary/aromatic N) is 4. The molecule has 0 bridgehead atoms. The molecule has 0 spiro atoms. The van der Waals surface area contributed by atoms with Gasteiger partial charge in [-0.1, -0.05) is 10.1 Å². The van der Waals surface area contributed by atoms with Gasteiger partial charge in [-0.05, 0) is 102 Å². The van der Waals surface area contributed by atoms with Gasteiger partial charge in [0.25, 0.3) is 20.1 Å². The maximum atomic E-state index is 13.3. The van der Waals surface area contributed by atoms with Crippen LogP contribution in [0.25, 0.3) is 10.8 Å². The van der Waals surface area contributed by atoms with Crippen molar-refractivity contribution in [1.29, 1.82) is 0 Å². The van der Waals surface area contributed by atoms with Crippen molar-refractivity contribution in [1.82, 2.24) is 0 Å². The third-order valence-electron chi connectivity index (χ3n) is 9.14. The number of fused-ring (bicyclic) bond motifs is 1. The van der Waals surface area contributed by atoms with Crippen LogP contribution in [-0.4, -0.2) is 76.7 Å². The highest BCUT2D eigenvalue weighted by atomic mass is 32.3. The van der Waals surface area contributed by atoms with E-state index in [0.29, 0.717) is 12.0 Å². The van der Waals surface area contributed by atoms with E-state index >= 15 is 0 Å². The standard InChI is InChI=1S/C38H32N8O21S6/c1-20(47)39-30-18-25(68-66-64-51)16-21-17-33(72(57,58)59)36(38(50)34(21)30)45-41-23-6-8-26(9-7-23)71(55,56)46-24-4-2-22(3-5-24)40-43-29-12-13-31(48)35(37(29)49)44-42-28-11-10-27(19-32(28)69-67-65-52)70(53,54)15-14-63-73(60,61)62/h2-13,16-19,40,42,46,50-52H,14-15H2,1H3,(H,39,47)(H,57,58,59)(H,60,61,62). The normalized spacial score (nSPS) is 12.9. The fourth-order valence-electron chi connectivity index (χ4n) is 6.02. The van der Waals surface area contributed by atoms with Gasteiger partial charge in [-0.2, -0.15) is 32.2 Å². The number of azo groups is 1. The van der Waals surface area contributed by atoms with E-state index in [2.05, 4.69) is 64.2 Å². The Bertz CT molecular complexity index is 3820. The van der Waals surface area contributed by atoms with Gasteiger partial charge in [0.1, 0.15) is 15.9 Å². The van der Waals surface area contributed by atoms with Gasteiger partial charge in [0.15, 0.2) is 20.9 Å². The van der Waals surface area contributed by atoms with Crippen LogP contribution in [0.5, 0.6) is 5.75 Å². The topological polar surface area (TPSA) is 433 Å². The quantitative estimate of drug-likeness (QED) is 0.0153. The summed E-state index contributed by atoms with van der Waals surface area (Å²) in [6.07, 6.45) is 0. The number of anilines is 4. The fraction of sp³-hybridized carbons (Fsp3) is 0.0789. The molecule has 0 fully saturated rings. The number of hydrogen-bond donors (Lipinski definition) is 9. The summed E-state index contributed by atoms with van der Waals surface area (Å²) < 4.78 is 132. The number of nitrogens with one attached hydrogen (secondary N) is 4. The predicted octanol–water partition coefficient (Wildman–Crippen LogP) is 3.87. The lowest BCUT2D eigenvalue weighted by molar-refractivity contribution is -0.432. The number of hydrogen-bond acceptors (Lipinski definition) is 27. The molecule has 0 unspecified atom stereocenters. The lowest BCUT2D eigenvalue weighted by Gasteiger charge is -2.14. The Labute approximate surface area is 418 Å². The summed E-state index contributed by atoms with van der Waals surface area (Å²) in [7, 11) is -18.5. The molecule has 73 heavy (non-hydrogen) atoms. The zero-order valence-electron chi connectivity index (χ0n) is 36.2. The van der Waals surface area contributed by atoms with Crippen LogP contribution >= 0.6 is 24.1 Å². The minimum absolute atomic E-state index is 0.0396. The number of phenols is 1. The van der Waals surface area contributed by atoms with Gasteiger partial charge in [-0.15, -0.1) is 13.8 Å². The molecule has 0 atom stereocenters. The zero-order chi connectivity index (χ0) is 53.3. The molecule has 6 rings (SSSR count). The Hall–Kier alpha value is -6.81. The Kier molecular flexibility index (Phi) is 17.8. The van der Waals surface area contributed by atoms with Gasteiger partial charge < -0.3 is 10.4 Å². The lowest BCUT2D eigenvalue weighted by Crippen LogP contribution is -2.48. The molecule has 386 valence electrons. The largest absolute Gasteiger partial charge is 0.505 e. The van der Waals surface area contributed by atoms with Crippen molar-refractivity contribution in [3.05, 3.63) is 128 Å². The van der Waals surface area contributed by atoms with Gasteiger partial charge in [0.05, 0.1) is 73.9 Å².